The summed E-state index contributed by atoms with van der Waals surface area (Å²) in [5.74, 6) is -0.527. The molecule has 0 aromatic heterocycles. The van der Waals surface area contributed by atoms with Gasteiger partial charge >= 0.3 is 0 Å². The molecule has 32 heavy (non-hydrogen) atoms. The van der Waals surface area contributed by atoms with Gasteiger partial charge in [0.05, 0.1) is 18.2 Å². The Kier molecular flexibility index (Phi) is 7.70. The Morgan fingerprint density at radius 3 is 2.56 bits per heavy atom. The molecular formula is C26H31NO5. The minimum atomic E-state index is -0.679. The molecule has 170 valence electrons. The molecule has 0 spiro atoms. The van der Waals surface area contributed by atoms with Crippen molar-refractivity contribution in [3.8, 4) is 5.75 Å². The van der Waals surface area contributed by atoms with Gasteiger partial charge in [0.2, 0.25) is 0 Å². The van der Waals surface area contributed by atoms with E-state index in [1.165, 1.54) is 4.90 Å². The third kappa shape index (κ3) is 5.02. The third-order valence-corrected chi connectivity index (χ3v) is 5.46. The van der Waals surface area contributed by atoms with Crippen LogP contribution in [-0.2, 0) is 14.3 Å². The zero-order valence-corrected chi connectivity index (χ0v) is 19.1. The second kappa shape index (κ2) is 10.5. The first-order valence-electron chi connectivity index (χ1n) is 10.9. The summed E-state index contributed by atoms with van der Waals surface area (Å²) in [7, 11) is 1.60. The highest BCUT2D eigenvalue weighted by Crippen LogP contribution is 2.40. The van der Waals surface area contributed by atoms with Crippen molar-refractivity contribution in [3.05, 3.63) is 70.8 Å². The molecule has 1 N–H and O–H groups in total. The van der Waals surface area contributed by atoms with Gasteiger partial charge in [-0.15, -0.1) is 0 Å². The second-order valence-corrected chi connectivity index (χ2v) is 8.43. The molecule has 1 aliphatic heterocycles. The van der Waals surface area contributed by atoms with Gasteiger partial charge in [0.25, 0.3) is 11.7 Å². The van der Waals surface area contributed by atoms with Crippen molar-refractivity contribution < 1.29 is 24.2 Å². The lowest BCUT2D eigenvalue weighted by atomic mass is 9.92. The van der Waals surface area contributed by atoms with E-state index in [1.807, 2.05) is 31.2 Å². The number of aliphatic hydroxyl groups is 1. The number of ketones is 1. The SMILES string of the molecule is COCCCN1C(=O)C(=O)/C(=C(/O)c2cccc(OCC(C)C)c2)C1c1ccccc1C. The number of carbonyl (C=O) groups excluding carboxylic acids is 2. The quantitative estimate of drug-likeness (QED) is 0.271. The number of amides is 1. The Morgan fingerprint density at radius 2 is 1.88 bits per heavy atom. The smallest absolute Gasteiger partial charge is 0.295 e. The standard InChI is InChI=1S/C26H31NO5/c1-17(2)16-32-20-11-7-10-19(15-20)24(28)22-23(21-12-6-5-9-18(21)3)27(13-8-14-31-4)26(30)25(22)29/h5-7,9-12,15,17,23,28H,8,13-14,16H2,1-4H3/b24-22+. The van der Waals surface area contributed by atoms with Crippen LogP contribution in [0.5, 0.6) is 5.75 Å². The van der Waals surface area contributed by atoms with Crippen LogP contribution >= 0.6 is 0 Å². The number of Topliss-reactive ketones (excluding diaryl/α,β-unsaturated/α-hetero) is 1. The van der Waals surface area contributed by atoms with E-state index in [9.17, 15) is 14.7 Å². The Bertz CT molecular complexity index is 1010. The predicted octanol–water partition coefficient (Wildman–Crippen LogP) is 4.49. The van der Waals surface area contributed by atoms with Crippen molar-refractivity contribution in [1.29, 1.82) is 0 Å². The maximum Gasteiger partial charge on any atom is 0.295 e. The third-order valence-electron chi connectivity index (χ3n) is 5.46. The molecule has 0 radical (unpaired) electrons. The van der Waals surface area contributed by atoms with Crippen LogP contribution in [0, 0.1) is 12.8 Å². The molecule has 1 fully saturated rings. The average Bonchev–Trinajstić information content (AvgIpc) is 3.03. The van der Waals surface area contributed by atoms with Gasteiger partial charge in [0.1, 0.15) is 11.5 Å². The molecule has 1 saturated heterocycles. The van der Waals surface area contributed by atoms with E-state index >= 15 is 0 Å². The average molecular weight is 438 g/mol. The first kappa shape index (κ1) is 23.5. The Labute approximate surface area is 189 Å². The number of ether oxygens (including phenoxy) is 2. The first-order valence-corrected chi connectivity index (χ1v) is 10.9. The fourth-order valence-corrected chi connectivity index (χ4v) is 3.86. The normalized spacial score (nSPS) is 17.9. The molecule has 3 rings (SSSR count). The highest BCUT2D eigenvalue weighted by atomic mass is 16.5. The molecule has 6 nitrogen and oxygen atoms in total. The number of aryl methyl sites for hydroxylation is 1. The van der Waals surface area contributed by atoms with Gasteiger partial charge in [-0.1, -0.05) is 50.2 Å². The number of carbonyl (C=O) groups is 2. The van der Waals surface area contributed by atoms with Gasteiger partial charge in [-0.05, 0) is 42.5 Å². The Hall–Kier alpha value is -3.12. The fourth-order valence-electron chi connectivity index (χ4n) is 3.86. The van der Waals surface area contributed by atoms with Gasteiger partial charge in [-0.2, -0.15) is 0 Å². The molecule has 1 heterocycles. The maximum absolute atomic E-state index is 13.1. The van der Waals surface area contributed by atoms with Crippen LogP contribution in [0.15, 0.2) is 54.1 Å². The molecule has 0 saturated carbocycles. The summed E-state index contributed by atoms with van der Waals surface area (Å²) in [6.45, 7) is 7.40. The van der Waals surface area contributed by atoms with Crippen LogP contribution < -0.4 is 4.74 Å². The van der Waals surface area contributed by atoms with E-state index in [2.05, 4.69) is 13.8 Å². The summed E-state index contributed by atoms with van der Waals surface area (Å²) in [4.78, 5) is 27.6. The molecule has 1 aliphatic rings. The zero-order valence-electron chi connectivity index (χ0n) is 19.1. The molecule has 1 amide bonds. The van der Waals surface area contributed by atoms with Crippen molar-refractivity contribution in [1.82, 2.24) is 4.90 Å². The van der Waals surface area contributed by atoms with Crippen LogP contribution in [0.2, 0.25) is 0 Å². The molecule has 0 bridgehead atoms. The van der Waals surface area contributed by atoms with E-state index in [0.29, 0.717) is 43.4 Å². The molecule has 0 aliphatic carbocycles. The minimum Gasteiger partial charge on any atom is -0.507 e. The van der Waals surface area contributed by atoms with E-state index in [1.54, 1.807) is 31.4 Å². The molecular weight excluding hydrogens is 406 g/mol. The molecule has 1 unspecified atom stereocenters. The predicted molar refractivity (Wildman–Crippen MR) is 123 cm³/mol. The van der Waals surface area contributed by atoms with Gasteiger partial charge in [-0.3, -0.25) is 9.59 Å². The summed E-state index contributed by atoms with van der Waals surface area (Å²) >= 11 is 0. The van der Waals surface area contributed by atoms with Crippen LogP contribution in [-0.4, -0.2) is 48.6 Å². The lowest BCUT2D eigenvalue weighted by molar-refractivity contribution is -0.140. The summed E-state index contributed by atoms with van der Waals surface area (Å²) in [6.07, 6.45) is 0.588. The summed E-state index contributed by atoms with van der Waals surface area (Å²) in [6, 6.07) is 13.9. The second-order valence-electron chi connectivity index (χ2n) is 8.43. The molecule has 6 heteroatoms. The van der Waals surface area contributed by atoms with Crippen molar-refractivity contribution in [2.24, 2.45) is 5.92 Å². The van der Waals surface area contributed by atoms with Gasteiger partial charge in [0.15, 0.2) is 0 Å². The fraction of sp³-hybridized carbons (Fsp3) is 0.385. The Morgan fingerprint density at radius 1 is 1.12 bits per heavy atom. The van der Waals surface area contributed by atoms with Crippen LogP contribution in [0.4, 0.5) is 0 Å². The van der Waals surface area contributed by atoms with Gasteiger partial charge < -0.3 is 19.5 Å². The van der Waals surface area contributed by atoms with Crippen LogP contribution in [0.3, 0.4) is 0 Å². The van der Waals surface area contributed by atoms with Gasteiger partial charge in [-0.25, -0.2) is 0 Å². The highest BCUT2D eigenvalue weighted by molar-refractivity contribution is 6.46. The molecule has 1 atom stereocenters. The number of likely N-dealkylation sites (tertiary alicyclic amines) is 1. The number of aliphatic hydroxyl groups excluding tert-OH is 1. The summed E-state index contributed by atoms with van der Waals surface area (Å²) in [5, 5.41) is 11.2. The highest BCUT2D eigenvalue weighted by Gasteiger charge is 2.46. The molecule has 2 aromatic carbocycles. The van der Waals surface area contributed by atoms with Crippen molar-refractivity contribution in [2.45, 2.75) is 33.2 Å². The van der Waals surface area contributed by atoms with E-state index < -0.39 is 17.7 Å². The van der Waals surface area contributed by atoms with Crippen LogP contribution in [0.1, 0.15) is 43.0 Å². The number of rotatable bonds is 9. The zero-order chi connectivity index (χ0) is 23.3. The van der Waals surface area contributed by atoms with Crippen molar-refractivity contribution in [3.63, 3.8) is 0 Å². The lowest BCUT2D eigenvalue weighted by Crippen LogP contribution is -2.31. The van der Waals surface area contributed by atoms with Crippen LogP contribution in [0.25, 0.3) is 5.76 Å². The molecule has 2 aromatic rings. The van der Waals surface area contributed by atoms with Crippen molar-refractivity contribution >= 4 is 17.4 Å². The summed E-state index contributed by atoms with van der Waals surface area (Å²) in [5.41, 5.74) is 2.30. The van der Waals surface area contributed by atoms with E-state index in [0.717, 1.165) is 11.1 Å². The Balaban J connectivity index is 2.08. The monoisotopic (exact) mass is 437 g/mol. The minimum absolute atomic E-state index is 0.0997. The lowest BCUT2D eigenvalue weighted by Gasteiger charge is -2.26. The summed E-state index contributed by atoms with van der Waals surface area (Å²) < 4.78 is 10.9. The largest absolute Gasteiger partial charge is 0.507 e. The number of hydrogen-bond donors (Lipinski definition) is 1. The topological polar surface area (TPSA) is 76.1 Å². The number of benzene rings is 2. The van der Waals surface area contributed by atoms with E-state index in [4.69, 9.17) is 9.47 Å². The number of hydrogen-bond acceptors (Lipinski definition) is 5. The number of nitrogens with zero attached hydrogens (tertiary/aromatic N) is 1. The first-order chi connectivity index (χ1) is 15.3. The number of methoxy groups -OCH3 is 1. The maximum atomic E-state index is 13.1. The van der Waals surface area contributed by atoms with E-state index in [-0.39, 0.29) is 11.3 Å². The van der Waals surface area contributed by atoms with Gasteiger partial charge in [0, 0.05) is 25.8 Å². The van der Waals surface area contributed by atoms with Crippen molar-refractivity contribution in [2.75, 3.05) is 26.9 Å².